The highest BCUT2D eigenvalue weighted by molar-refractivity contribution is 8.00. The van der Waals surface area contributed by atoms with Crippen LogP contribution in [0.1, 0.15) is 19.4 Å². The average molecular weight is 477 g/mol. The summed E-state index contributed by atoms with van der Waals surface area (Å²) in [6, 6.07) is 16.5. The molecule has 0 aliphatic rings. The number of hydrogen-bond acceptors (Lipinski definition) is 7. The third-order valence-corrected chi connectivity index (χ3v) is 8.13. The fourth-order valence-corrected chi connectivity index (χ4v) is 6.21. The van der Waals surface area contributed by atoms with Crippen molar-refractivity contribution >= 4 is 65.9 Å². The monoisotopic (exact) mass is 476 g/mol. The van der Waals surface area contributed by atoms with Crippen LogP contribution in [0.3, 0.4) is 0 Å². The number of para-hydroxylation sites is 1. The highest BCUT2D eigenvalue weighted by Gasteiger charge is 2.21. The van der Waals surface area contributed by atoms with Crippen LogP contribution in [-0.2, 0) is 11.2 Å². The van der Waals surface area contributed by atoms with E-state index in [0.29, 0.717) is 5.13 Å². The van der Waals surface area contributed by atoms with Crippen molar-refractivity contribution in [3.8, 4) is 11.1 Å². The van der Waals surface area contributed by atoms with Crippen molar-refractivity contribution < 1.29 is 4.79 Å². The lowest BCUT2D eigenvalue weighted by molar-refractivity contribution is -0.115. The van der Waals surface area contributed by atoms with Crippen LogP contribution in [0.25, 0.3) is 31.6 Å². The van der Waals surface area contributed by atoms with Gasteiger partial charge in [-0.2, -0.15) is 0 Å². The van der Waals surface area contributed by atoms with Gasteiger partial charge < -0.3 is 5.32 Å². The van der Waals surface area contributed by atoms with Gasteiger partial charge in [0.1, 0.15) is 16.2 Å². The van der Waals surface area contributed by atoms with Crippen molar-refractivity contribution in [2.45, 2.75) is 30.5 Å². The van der Waals surface area contributed by atoms with Crippen LogP contribution in [0.4, 0.5) is 5.13 Å². The number of nitrogens with zero attached hydrogens (tertiary/aromatic N) is 3. The van der Waals surface area contributed by atoms with Crippen LogP contribution in [0.2, 0.25) is 0 Å². The number of carbonyl (C=O) groups excluding carboxylic acids is 1. The fraction of sp³-hybridized carbons (Fsp3) is 0.167. The topological polar surface area (TPSA) is 67.8 Å². The Bertz CT molecular complexity index is 1380. The summed E-state index contributed by atoms with van der Waals surface area (Å²) in [6.45, 7) is 4.04. The van der Waals surface area contributed by atoms with Gasteiger partial charge in [-0.1, -0.05) is 66.4 Å². The first-order valence-electron chi connectivity index (χ1n) is 10.3. The Hall–Kier alpha value is -2.81. The summed E-state index contributed by atoms with van der Waals surface area (Å²) < 4.78 is 1.05. The van der Waals surface area contributed by atoms with E-state index in [1.165, 1.54) is 28.7 Å². The molecule has 1 unspecified atom stereocenters. The van der Waals surface area contributed by atoms with E-state index >= 15 is 0 Å². The molecule has 1 N–H and O–H groups in total. The number of thiazole rings is 1. The summed E-state index contributed by atoms with van der Waals surface area (Å²) in [5.41, 5.74) is 4.44. The van der Waals surface area contributed by atoms with Crippen LogP contribution in [0.15, 0.2) is 65.3 Å². The second kappa shape index (κ2) is 8.97. The minimum absolute atomic E-state index is 0.0927. The van der Waals surface area contributed by atoms with Crippen LogP contribution in [-0.4, -0.2) is 26.1 Å². The lowest BCUT2D eigenvalue weighted by Gasteiger charge is -2.11. The first-order chi connectivity index (χ1) is 15.6. The number of aryl methyl sites for hydroxylation is 1. The molecule has 0 saturated heterocycles. The molecule has 2 aromatic carbocycles. The molecule has 0 aliphatic heterocycles. The van der Waals surface area contributed by atoms with Crippen LogP contribution in [0, 0.1) is 0 Å². The standard InChI is InChI=1S/C24H20N4OS3/c1-3-15-8-10-16(11-9-15)17-12-30-22-20(17)23(26-13-25-22)31-14(2)21(29)28-24-27-18-6-4-5-7-19(18)32-24/h4-14H,3H2,1-2H3,(H,27,28,29). The molecule has 0 aliphatic carbocycles. The van der Waals surface area contributed by atoms with Gasteiger partial charge in [-0.05, 0) is 36.6 Å². The van der Waals surface area contributed by atoms with Gasteiger partial charge in [0.05, 0.1) is 20.9 Å². The van der Waals surface area contributed by atoms with Gasteiger partial charge in [0.25, 0.3) is 0 Å². The largest absolute Gasteiger partial charge is 0.301 e. The molecule has 0 spiro atoms. The predicted molar refractivity (Wildman–Crippen MR) is 136 cm³/mol. The average Bonchev–Trinajstić information content (AvgIpc) is 3.43. The Balaban J connectivity index is 1.40. The number of thioether (sulfide) groups is 1. The second-order valence-electron chi connectivity index (χ2n) is 7.29. The number of hydrogen-bond donors (Lipinski definition) is 1. The number of anilines is 1. The van der Waals surface area contributed by atoms with Gasteiger partial charge in [0, 0.05) is 10.9 Å². The van der Waals surface area contributed by atoms with E-state index < -0.39 is 0 Å². The molecule has 0 fully saturated rings. The third kappa shape index (κ3) is 4.13. The highest BCUT2D eigenvalue weighted by atomic mass is 32.2. The number of benzene rings is 2. The molecule has 5 nitrogen and oxygen atoms in total. The van der Waals surface area contributed by atoms with E-state index in [-0.39, 0.29) is 11.2 Å². The number of aromatic nitrogens is 3. The number of rotatable bonds is 6. The van der Waals surface area contributed by atoms with E-state index in [0.717, 1.165) is 43.0 Å². The van der Waals surface area contributed by atoms with E-state index in [4.69, 9.17) is 0 Å². The summed E-state index contributed by atoms with van der Waals surface area (Å²) in [4.78, 5) is 27.3. The van der Waals surface area contributed by atoms with Crippen LogP contribution >= 0.6 is 34.4 Å². The summed E-state index contributed by atoms with van der Waals surface area (Å²) >= 11 is 4.53. The van der Waals surface area contributed by atoms with Crippen molar-refractivity contribution in [2.75, 3.05) is 5.32 Å². The molecule has 0 bridgehead atoms. The molecule has 5 rings (SSSR count). The first kappa shape index (κ1) is 21.1. The maximum atomic E-state index is 12.9. The molecule has 32 heavy (non-hydrogen) atoms. The summed E-state index contributed by atoms with van der Waals surface area (Å²) in [6.07, 6.45) is 2.58. The summed E-state index contributed by atoms with van der Waals surface area (Å²) in [5, 5.41) is 7.18. The minimum Gasteiger partial charge on any atom is -0.301 e. The molecule has 0 saturated carbocycles. The van der Waals surface area contributed by atoms with Crippen molar-refractivity contribution in [1.82, 2.24) is 15.0 Å². The first-order valence-corrected chi connectivity index (χ1v) is 12.8. The molecule has 1 atom stereocenters. The van der Waals surface area contributed by atoms with E-state index in [1.807, 2.05) is 31.2 Å². The number of thiophene rings is 1. The SMILES string of the molecule is CCc1ccc(-c2csc3ncnc(SC(C)C(=O)Nc4nc5ccccc5s4)c23)cc1. The van der Waals surface area contributed by atoms with E-state index in [9.17, 15) is 4.79 Å². The molecular formula is C24H20N4OS3. The lowest BCUT2D eigenvalue weighted by atomic mass is 10.0. The van der Waals surface area contributed by atoms with Crippen molar-refractivity contribution in [1.29, 1.82) is 0 Å². The Morgan fingerprint density at radius 2 is 1.94 bits per heavy atom. The van der Waals surface area contributed by atoms with Crippen molar-refractivity contribution in [2.24, 2.45) is 0 Å². The molecular weight excluding hydrogens is 456 g/mol. The number of carbonyl (C=O) groups is 1. The van der Waals surface area contributed by atoms with Crippen molar-refractivity contribution in [3.63, 3.8) is 0 Å². The van der Waals surface area contributed by atoms with E-state index in [2.05, 4.69) is 56.8 Å². The predicted octanol–water partition coefficient (Wildman–Crippen LogP) is 6.65. The van der Waals surface area contributed by atoms with Crippen molar-refractivity contribution in [3.05, 3.63) is 65.8 Å². The van der Waals surface area contributed by atoms with Gasteiger partial charge >= 0.3 is 0 Å². The molecule has 0 radical (unpaired) electrons. The second-order valence-corrected chi connectivity index (χ2v) is 10.5. The maximum Gasteiger partial charge on any atom is 0.239 e. The summed E-state index contributed by atoms with van der Waals surface area (Å²) in [7, 11) is 0. The fourth-order valence-electron chi connectivity index (χ4n) is 3.42. The van der Waals surface area contributed by atoms with Gasteiger partial charge in [-0.3, -0.25) is 4.79 Å². The van der Waals surface area contributed by atoms with Crippen LogP contribution in [0.5, 0.6) is 0 Å². The number of fused-ring (bicyclic) bond motifs is 2. The van der Waals surface area contributed by atoms with Gasteiger partial charge in [0.2, 0.25) is 5.91 Å². The number of amides is 1. The normalized spacial score (nSPS) is 12.3. The Labute approximate surface area is 198 Å². The highest BCUT2D eigenvalue weighted by Crippen LogP contribution is 2.39. The Morgan fingerprint density at radius 1 is 1.12 bits per heavy atom. The van der Waals surface area contributed by atoms with Gasteiger partial charge in [-0.25, -0.2) is 15.0 Å². The molecule has 3 aromatic heterocycles. The quantitative estimate of drug-likeness (QED) is 0.219. The molecule has 160 valence electrons. The third-order valence-electron chi connectivity index (χ3n) is 5.19. The number of nitrogens with one attached hydrogen (secondary N) is 1. The minimum atomic E-state index is -0.338. The zero-order valence-electron chi connectivity index (χ0n) is 17.5. The Kier molecular flexibility index (Phi) is 5.91. The lowest BCUT2D eigenvalue weighted by Crippen LogP contribution is -2.22. The smallest absolute Gasteiger partial charge is 0.239 e. The molecule has 1 amide bonds. The molecule has 3 heterocycles. The Morgan fingerprint density at radius 3 is 2.72 bits per heavy atom. The van der Waals surface area contributed by atoms with Gasteiger partial charge in [0.15, 0.2) is 5.13 Å². The van der Waals surface area contributed by atoms with Crippen LogP contribution < -0.4 is 5.32 Å². The van der Waals surface area contributed by atoms with Gasteiger partial charge in [-0.15, -0.1) is 11.3 Å². The zero-order valence-corrected chi connectivity index (χ0v) is 20.0. The molecule has 5 aromatic rings. The zero-order chi connectivity index (χ0) is 22.1. The summed E-state index contributed by atoms with van der Waals surface area (Å²) in [5.74, 6) is -0.0927. The van der Waals surface area contributed by atoms with E-state index in [1.54, 1.807) is 17.7 Å². The molecule has 8 heteroatoms. The maximum absolute atomic E-state index is 12.9.